The minimum atomic E-state index is -4.56. The zero-order valence-electron chi connectivity index (χ0n) is 19.1. The second-order valence-electron chi connectivity index (χ2n) is 9.63. The van der Waals surface area contributed by atoms with E-state index in [1.54, 1.807) is 4.90 Å². The zero-order chi connectivity index (χ0) is 24.7. The van der Waals surface area contributed by atoms with Gasteiger partial charge in [-0.05, 0) is 60.9 Å². The number of piperidine rings is 1. The van der Waals surface area contributed by atoms with Crippen LogP contribution in [-0.4, -0.2) is 49.8 Å². The van der Waals surface area contributed by atoms with Gasteiger partial charge in [0.05, 0.1) is 20.2 Å². The SMILES string of the molecule is Cc1c(N2C[C@@H]3[C@H](C2)[C@H]3CS(=O)(=O)S2=Nc3ccccc3S2)nc(N2CC[C@@H]2C)nc1C(F)(F)F. The smallest absolute Gasteiger partial charge is 0.356 e. The van der Waals surface area contributed by atoms with Crippen molar-refractivity contribution in [3.8, 4) is 0 Å². The van der Waals surface area contributed by atoms with Crippen LogP contribution in [0.2, 0.25) is 0 Å². The number of fused-ring (bicyclic) bond motifs is 2. The van der Waals surface area contributed by atoms with Crippen molar-refractivity contribution < 1.29 is 21.6 Å². The molecule has 0 amide bonds. The fourth-order valence-electron chi connectivity index (χ4n) is 5.27. The maximum absolute atomic E-state index is 13.8. The molecule has 1 saturated carbocycles. The first-order valence-electron chi connectivity index (χ1n) is 11.5. The van der Waals surface area contributed by atoms with E-state index in [2.05, 4.69) is 14.3 Å². The van der Waals surface area contributed by atoms with E-state index < -0.39 is 29.5 Å². The summed E-state index contributed by atoms with van der Waals surface area (Å²) in [5, 5.41) is 0. The Morgan fingerprint density at radius 3 is 2.49 bits per heavy atom. The molecule has 0 radical (unpaired) electrons. The van der Waals surface area contributed by atoms with Gasteiger partial charge in [0, 0.05) is 36.1 Å². The Bertz CT molecular complexity index is 1340. The normalized spacial score (nSPS) is 29.5. The molecule has 13 heteroatoms. The van der Waals surface area contributed by atoms with Crippen LogP contribution in [0, 0.1) is 24.7 Å². The average Bonchev–Trinajstić information content (AvgIpc) is 3.15. The number of aromatic nitrogens is 2. The Labute approximate surface area is 207 Å². The van der Waals surface area contributed by atoms with Crippen molar-refractivity contribution in [2.45, 2.75) is 37.4 Å². The van der Waals surface area contributed by atoms with Gasteiger partial charge in [0.2, 0.25) is 14.8 Å². The molecule has 4 aliphatic rings. The highest BCUT2D eigenvalue weighted by atomic mass is 33.5. The summed E-state index contributed by atoms with van der Waals surface area (Å²) in [6, 6.07) is 7.52. The summed E-state index contributed by atoms with van der Waals surface area (Å²) in [6.45, 7) is 5.02. The van der Waals surface area contributed by atoms with E-state index in [-0.39, 0.29) is 41.1 Å². The minimum Gasteiger partial charge on any atom is -0.356 e. The number of alkyl halides is 3. The summed E-state index contributed by atoms with van der Waals surface area (Å²) in [5.41, 5.74) is -0.143. The lowest BCUT2D eigenvalue weighted by molar-refractivity contribution is -0.141. The molecule has 1 aromatic carbocycles. The second-order valence-corrected chi connectivity index (χ2v) is 16.9. The molecular weight excluding hydrogens is 519 g/mol. The van der Waals surface area contributed by atoms with Crippen LogP contribution in [0.25, 0.3) is 0 Å². The average molecular weight is 544 g/mol. The van der Waals surface area contributed by atoms with Gasteiger partial charge in [-0.2, -0.15) is 18.2 Å². The molecule has 2 saturated heterocycles. The molecule has 3 fully saturated rings. The highest BCUT2D eigenvalue weighted by Crippen LogP contribution is 2.55. The molecule has 6 rings (SSSR count). The summed E-state index contributed by atoms with van der Waals surface area (Å²) >= 11 is 0. The first-order chi connectivity index (χ1) is 16.5. The van der Waals surface area contributed by atoms with Crippen molar-refractivity contribution in [3.05, 3.63) is 35.5 Å². The maximum Gasteiger partial charge on any atom is 0.433 e. The number of rotatable bonds is 5. The maximum atomic E-state index is 13.8. The Morgan fingerprint density at radius 1 is 1.17 bits per heavy atom. The standard InChI is InChI=1S/C22H24F3N5O2S3/c1-12-7-8-30(12)21-26-19(22(23,24)25)13(2)20(27-21)29-9-14-15(10-29)16(14)11-35(31,32)34-28-17-5-3-4-6-18(17)33-34/h3-6,12,14-16H,7-11H2,1-2H3/t12-,14-,15+,16+,34?/m0/s1. The van der Waals surface area contributed by atoms with Gasteiger partial charge in [0.1, 0.15) is 5.82 Å². The fraction of sp³-hybridized carbons (Fsp3) is 0.545. The van der Waals surface area contributed by atoms with Gasteiger partial charge in [0.15, 0.2) is 5.69 Å². The molecule has 1 aliphatic carbocycles. The van der Waals surface area contributed by atoms with Gasteiger partial charge in [-0.25, -0.2) is 17.8 Å². The van der Waals surface area contributed by atoms with Crippen molar-refractivity contribution in [1.29, 1.82) is 0 Å². The number of anilines is 2. The first kappa shape index (κ1) is 23.5. The minimum absolute atomic E-state index is 0.0161. The topological polar surface area (TPSA) is 78.8 Å². The van der Waals surface area contributed by atoms with Crippen LogP contribution in [-0.2, 0) is 23.8 Å². The monoisotopic (exact) mass is 543 g/mol. The number of nitrogens with zero attached hydrogens (tertiary/aromatic N) is 5. The van der Waals surface area contributed by atoms with E-state index >= 15 is 0 Å². The van der Waals surface area contributed by atoms with Crippen LogP contribution in [0.15, 0.2) is 33.5 Å². The van der Waals surface area contributed by atoms with Gasteiger partial charge in [-0.3, -0.25) is 0 Å². The van der Waals surface area contributed by atoms with Crippen LogP contribution in [0.4, 0.5) is 30.6 Å². The Kier molecular flexibility index (Phi) is 5.43. The predicted octanol–water partition coefficient (Wildman–Crippen LogP) is 4.57. The van der Waals surface area contributed by atoms with Crippen LogP contribution < -0.4 is 9.80 Å². The van der Waals surface area contributed by atoms with Crippen LogP contribution in [0.3, 0.4) is 0 Å². The van der Waals surface area contributed by atoms with E-state index in [1.165, 1.54) is 17.7 Å². The van der Waals surface area contributed by atoms with Crippen molar-refractivity contribution >= 4 is 45.9 Å². The third-order valence-electron chi connectivity index (χ3n) is 7.44. The quantitative estimate of drug-likeness (QED) is 0.512. The number of hydrogen-bond donors (Lipinski definition) is 0. The van der Waals surface area contributed by atoms with Crippen LogP contribution in [0.5, 0.6) is 0 Å². The van der Waals surface area contributed by atoms with Crippen molar-refractivity contribution in [3.63, 3.8) is 0 Å². The summed E-state index contributed by atoms with van der Waals surface area (Å²) < 4.78 is 71.8. The lowest BCUT2D eigenvalue weighted by Gasteiger charge is -2.39. The van der Waals surface area contributed by atoms with Crippen molar-refractivity contribution in [1.82, 2.24) is 9.97 Å². The summed E-state index contributed by atoms with van der Waals surface area (Å²) in [4.78, 5) is 13.0. The Hall–Kier alpha value is -1.86. The molecule has 1 unspecified atom stereocenters. The predicted molar refractivity (Wildman–Crippen MR) is 131 cm³/mol. The molecule has 2 aromatic rings. The van der Waals surface area contributed by atoms with E-state index in [0.717, 1.165) is 17.0 Å². The highest BCUT2D eigenvalue weighted by Gasteiger charge is 2.58. The molecule has 0 N–H and O–H groups in total. The van der Waals surface area contributed by atoms with Gasteiger partial charge in [-0.15, -0.1) is 0 Å². The number of benzene rings is 1. The van der Waals surface area contributed by atoms with Gasteiger partial charge < -0.3 is 9.80 Å². The van der Waals surface area contributed by atoms with Crippen molar-refractivity contribution in [2.75, 3.05) is 35.2 Å². The number of hydrogen-bond acceptors (Lipinski definition) is 8. The van der Waals surface area contributed by atoms with Gasteiger partial charge in [0.25, 0.3) is 0 Å². The molecule has 1 aromatic heterocycles. The third-order valence-corrected chi connectivity index (χ3v) is 15.3. The zero-order valence-corrected chi connectivity index (χ0v) is 21.5. The highest BCUT2D eigenvalue weighted by molar-refractivity contribution is 9.00. The lowest BCUT2D eigenvalue weighted by Crippen LogP contribution is -2.47. The van der Waals surface area contributed by atoms with Crippen LogP contribution in [0.1, 0.15) is 24.6 Å². The number of halogens is 3. The van der Waals surface area contributed by atoms with E-state index in [4.69, 9.17) is 0 Å². The van der Waals surface area contributed by atoms with Crippen molar-refractivity contribution in [2.24, 2.45) is 22.1 Å². The fourth-order valence-corrected chi connectivity index (χ4v) is 12.5. The molecule has 188 valence electrons. The Morgan fingerprint density at radius 2 is 1.89 bits per heavy atom. The molecule has 5 atom stereocenters. The summed E-state index contributed by atoms with van der Waals surface area (Å²) in [6.07, 6.45) is -3.67. The van der Waals surface area contributed by atoms with E-state index in [9.17, 15) is 21.6 Å². The molecule has 3 aliphatic heterocycles. The molecule has 4 heterocycles. The second kappa shape index (κ2) is 8.07. The van der Waals surface area contributed by atoms with Crippen LogP contribution >= 0.6 is 10.8 Å². The van der Waals surface area contributed by atoms with Gasteiger partial charge >= 0.3 is 6.18 Å². The van der Waals surface area contributed by atoms with E-state index in [0.29, 0.717) is 25.5 Å². The summed E-state index contributed by atoms with van der Waals surface area (Å²) in [7, 11) is -3.27. The molecule has 0 spiro atoms. The van der Waals surface area contributed by atoms with E-state index in [1.807, 2.05) is 36.1 Å². The summed E-state index contributed by atoms with van der Waals surface area (Å²) in [5.74, 6) is 0.793. The molecular formula is C22H24F3N5O2S3. The first-order valence-corrected chi connectivity index (χ1v) is 16.2. The molecule has 35 heavy (non-hydrogen) atoms. The molecule has 7 nitrogen and oxygen atoms in total. The molecule has 0 bridgehead atoms. The lowest BCUT2D eigenvalue weighted by atomic mass is 10.1. The third kappa shape index (κ3) is 4.03. The largest absolute Gasteiger partial charge is 0.433 e. The Balaban J connectivity index is 1.18. The van der Waals surface area contributed by atoms with Gasteiger partial charge in [-0.1, -0.05) is 12.1 Å².